The van der Waals surface area contributed by atoms with E-state index < -0.39 is 6.04 Å². The minimum atomic E-state index is -0.455. The second-order valence-electron chi connectivity index (χ2n) is 7.85. The molecule has 0 unspecified atom stereocenters. The van der Waals surface area contributed by atoms with Crippen LogP contribution in [0.3, 0.4) is 0 Å². The van der Waals surface area contributed by atoms with E-state index in [9.17, 15) is 9.59 Å². The first-order valence-electron chi connectivity index (χ1n) is 11.4. The fourth-order valence-electron chi connectivity index (χ4n) is 3.51. The van der Waals surface area contributed by atoms with Gasteiger partial charge in [-0.3, -0.25) is 4.79 Å². The third kappa shape index (κ3) is 13.5. The van der Waals surface area contributed by atoms with Gasteiger partial charge in [0.15, 0.2) is 0 Å². The average Bonchev–Trinajstić information content (AvgIpc) is 3.10. The van der Waals surface area contributed by atoms with Gasteiger partial charge in [0.05, 0.1) is 6.26 Å². The van der Waals surface area contributed by atoms with Gasteiger partial charge in [-0.2, -0.15) is 0 Å². The molecule has 1 fully saturated rings. The monoisotopic (exact) mass is 379 g/mol. The molecule has 1 heterocycles. The molecule has 4 heteroatoms. The molecule has 1 amide bonds. The predicted molar refractivity (Wildman–Crippen MR) is 111 cm³/mol. The van der Waals surface area contributed by atoms with Gasteiger partial charge >= 0.3 is 5.97 Å². The van der Waals surface area contributed by atoms with Crippen molar-refractivity contribution in [3.8, 4) is 0 Å². The summed E-state index contributed by atoms with van der Waals surface area (Å²) >= 11 is 0. The molecular formula is C23H41NO3. The molecule has 1 aliphatic heterocycles. The number of ether oxygens (including phenoxy) is 1. The molecule has 1 aliphatic rings. The smallest absolute Gasteiger partial charge is 0.333 e. The largest absolute Gasteiger partial charge is 0.433 e. The van der Waals surface area contributed by atoms with Gasteiger partial charge in [-0.1, -0.05) is 90.4 Å². The van der Waals surface area contributed by atoms with E-state index in [2.05, 4.69) is 12.2 Å². The Morgan fingerprint density at radius 1 is 0.926 bits per heavy atom. The maximum Gasteiger partial charge on any atom is 0.333 e. The van der Waals surface area contributed by atoms with E-state index in [0.717, 1.165) is 12.8 Å². The van der Waals surface area contributed by atoms with Gasteiger partial charge in [0.2, 0.25) is 5.91 Å². The number of amides is 1. The Balaban J connectivity index is 1.77. The topological polar surface area (TPSA) is 55.4 Å². The van der Waals surface area contributed by atoms with E-state index in [4.69, 9.17) is 4.74 Å². The molecule has 156 valence electrons. The molecule has 1 saturated heterocycles. The predicted octanol–water partition coefficient (Wildman–Crippen LogP) is 6.19. The van der Waals surface area contributed by atoms with Crippen molar-refractivity contribution in [2.24, 2.45) is 0 Å². The van der Waals surface area contributed by atoms with Crippen molar-refractivity contribution in [2.45, 2.75) is 122 Å². The zero-order valence-electron chi connectivity index (χ0n) is 17.5. The number of nitrogens with one attached hydrogen (secondary N) is 1. The first kappa shape index (κ1) is 23.7. The molecule has 27 heavy (non-hydrogen) atoms. The maximum atomic E-state index is 11.7. The van der Waals surface area contributed by atoms with Crippen LogP contribution in [0.25, 0.3) is 0 Å². The summed E-state index contributed by atoms with van der Waals surface area (Å²) in [6, 6.07) is -0.455. The SMILES string of the molecule is CCCCCCCCCCCCCCCC/C=C/OC(=O)[C@@H]1CCC(=O)N1. The van der Waals surface area contributed by atoms with Crippen molar-refractivity contribution >= 4 is 11.9 Å². The highest BCUT2D eigenvalue weighted by Gasteiger charge is 2.27. The highest BCUT2D eigenvalue weighted by atomic mass is 16.5. The number of carbonyl (C=O) groups excluding carboxylic acids is 2. The first-order chi connectivity index (χ1) is 13.2. The number of esters is 1. The fourth-order valence-corrected chi connectivity index (χ4v) is 3.51. The molecule has 1 atom stereocenters. The Hall–Kier alpha value is -1.32. The number of unbranched alkanes of at least 4 members (excludes halogenated alkanes) is 14. The molecule has 0 bridgehead atoms. The minimum absolute atomic E-state index is 0.0664. The van der Waals surface area contributed by atoms with Gasteiger partial charge in [-0.25, -0.2) is 4.79 Å². The Morgan fingerprint density at radius 2 is 1.44 bits per heavy atom. The second kappa shape index (κ2) is 16.8. The van der Waals surface area contributed by atoms with Crippen LogP contribution < -0.4 is 5.32 Å². The molecular weight excluding hydrogens is 338 g/mol. The highest BCUT2D eigenvalue weighted by molar-refractivity contribution is 5.88. The molecule has 0 radical (unpaired) electrons. The molecule has 0 saturated carbocycles. The van der Waals surface area contributed by atoms with Gasteiger partial charge in [0.1, 0.15) is 6.04 Å². The fraction of sp³-hybridized carbons (Fsp3) is 0.826. The number of rotatable bonds is 17. The van der Waals surface area contributed by atoms with Crippen molar-refractivity contribution < 1.29 is 14.3 Å². The van der Waals surface area contributed by atoms with E-state index >= 15 is 0 Å². The average molecular weight is 380 g/mol. The van der Waals surface area contributed by atoms with Crippen molar-refractivity contribution in [1.82, 2.24) is 5.32 Å². The summed E-state index contributed by atoms with van der Waals surface area (Å²) in [6.07, 6.45) is 24.4. The number of hydrogen-bond donors (Lipinski definition) is 1. The third-order valence-electron chi connectivity index (χ3n) is 5.28. The Bertz CT molecular complexity index is 420. The first-order valence-corrected chi connectivity index (χ1v) is 11.4. The lowest BCUT2D eigenvalue weighted by molar-refractivity contribution is -0.141. The van der Waals surface area contributed by atoms with Crippen LogP contribution in [0.2, 0.25) is 0 Å². The highest BCUT2D eigenvalue weighted by Crippen LogP contribution is 2.13. The van der Waals surface area contributed by atoms with E-state index in [0.29, 0.717) is 12.8 Å². The van der Waals surface area contributed by atoms with E-state index in [1.165, 1.54) is 89.7 Å². The summed E-state index contributed by atoms with van der Waals surface area (Å²) in [4.78, 5) is 22.7. The summed E-state index contributed by atoms with van der Waals surface area (Å²) in [6.45, 7) is 2.27. The lowest BCUT2D eigenvalue weighted by atomic mass is 10.0. The summed E-state index contributed by atoms with van der Waals surface area (Å²) in [5, 5.41) is 2.61. The van der Waals surface area contributed by atoms with Crippen molar-refractivity contribution in [2.75, 3.05) is 0 Å². The quantitative estimate of drug-likeness (QED) is 0.186. The molecule has 0 aliphatic carbocycles. The van der Waals surface area contributed by atoms with Crippen LogP contribution in [-0.2, 0) is 14.3 Å². The number of allylic oxidation sites excluding steroid dienone is 1. The zero-order valence-corrected chi connectivity index (χ0v) is 17.5. The van der Waals surface area contributed by atoms with Gasteiger partial charge in [-0.15, -0.1) is 0 Å². The van der Waals surface area contributed by atoms with Gasteiger partial charge in [0.25, 0.3) is 0 Å². The lowest BCUT2D eigenvalue weighted by Gasteiger charge is -2.06. The molecule has 0 aromatic carbocycles. The van der Waals surface area contributed by atoms with Crippen molar-refractivity contribution in [3.05, 3.63) is 12.3 Å². The summed E-state index contributed by atoms with van der Waals surface area (Å²) in [5.41, 5.74) is 0. The summed E-state index contributed by atoms with van der Waals surface area (Å²) in [7, 11) is 0. The zero-order chi connectivity index (χ0) is 19.6. The molecule has 0 spiro atoms. The summed E-state index contributed by atoms with van der Waals surface area (Å²) in [5.74, 6) is -0.415. The van der Waals surface area contributed by atoms with Crippen molar-refractivity contribution in [3.63, 3.8) is 0 Å². The van der Waals surface area contributed by atoms with Crippen LogP contribution in [0.15, 0.2) is 12.3 Å². The molecule has 1 rings (SSSR count). The standard InChI is InChI=1S/C23H41NO3/c1-2-3-4-5-6-7-8-9-10-11-12-13-14-15-16-17-20-27-23(26)21-18-19-22(25)24-21/h17,20-21H,2-16,18-19H2,1H3,(H,24,25)/b20-17+/t21-/m0/s1. The second-order valence-corrected chi connectivity index (χ2v) is 7.85. The van der Waals surface area contributed by atoms with E-state index in [-0.39, 0.29) is 11.9 Å². The minimum Gasteiger partial charge on any atom is -0.433 e. The van der Waals surface area contributed by atoms with E-state index in [1.54, 1.807) is 0 Å². The molecule has 1 N–H and O–H groups in total. The van der Waals surface area contributed by atoms with Crippen LogP contribution in [0, 0.1) is 0 Å². The third-order valence-corrected chi connectivity index (χ3v) is 5.28. The summed E-state index contributed by atoms with van der Waals surface area (Å²) < 4.78 is 5.06. The normalized spacial score (nSPS) is 16.8. The maximum absolute atomic E-state index is 11.7. The van der Waals surface area contributed by atoms with Gasteiger partial charge in [-0.05, 0) is 25.3 Å². The Labute approximate surface area is 166 Å². The van der Waals surface area contributed by atoms with Gasteiger partial charge in [0, 0.05) is 6.42 Å². The molecule has 0 aromatic rings. The van der Waals surface area contributed by atoms with E-state index in [1.807, 2.05) is 6.08 Å². The van der Waals surface area contributed by atoms with Crippen LogP contribution in [-0.4, -0.2) is 17.9 Å². The van der Waals surface area contributed by atoms with Crippen LogP contribution in [0.4, 0.5) is 0 Å². The Kier molecular flexibility index (Phi) is 14.8. The van der Waals surface area contributed by atoms with Crippen LogP contribution in [0.1, 0.15) is 116 Å². The molecule has 4 nitrogen and oxygen atoms in total. The lowest BCUT2D eigenvalue weighted by Crippen LogP contribution is -2.33. The van der Waals surface area contributed by atoms with Crippen molar-refractivity contribution in [1.29, 1.82) is 0 Å². The Morgan fingerprint density at radius 3 is 1.93 bits per heavy atom. The van der Waals surface area contributed by atoms with Gasteiger partial charge < -0.3 is 10.1 Å². The number of carbonyl (C=O) groups is 2. The van der Waals surface area contributed by atoms with Crippen LogP contribution in [0.5, 0.6) is 0 Å². The number of hydrogen-bond acceptors (Lipinski definition) is 3. The molecule has 0 aromatic heterocycles. The van der Waals surface area contributed by atoms with Crippen LogP contribution >= 0.6 is 0 Å².